The standard InChI is InChI=1S/C32H42N6O3S/c1-25-14-18-36(19-15-25)32-33-22-29(26(2)34-32)31(39)37-21-20-35(23-27-10-5-4-6-11-27)16-9-17-38(42(3,40)41)30-13-8-7-12-28(30)24-37/h4-8,10-13,22,25H,9,14-21,23-24H2,1-3H3. The third-order valence-corrected chi connectivity index (χ3v) is 9.52. The first-order valence-corrected chi connectivity index (χ1v) is 16.7. The highest BCUT2D eigenvalue weighted by Gasteiger charge is 2.27. The molecule has 0 N–H and O–H groups in total. The summed E-state index contributed by atoms with van der Waals surface area (Å²) in [5, 5.41) is 0. The number of carbonyl (C=O) groups excluding carboxylic acids is 1. The van der Waals surface area contributed by atoms with Gasteiger partial charge in [0.1, 0.15) is 0 Å². The highest BCUT2D eigenvalue weighted by Crippen LogP contribution is 2.27. The minimum atomic E-state index is -3.52. The molecule has 10 heteroatoms. The van der Waals surface area contributed by atoms with Crippen LogP contribution in [0.3, 0.4) is 0 Å². The van der Waals surface area contributed by atoms with Crippen LogP contribution >= 0.6 is 0 Å². The Morgan fingerprint density at radius 3 is 2.36 bits per heavy atom. The van der Waals surface area contributed by atoms with Crippen LogP contribution in [0.5, 0.6) is 0 Å². The predicted octanol–water partition coefficient (Wildman–Crippen LogP) is 4.34. The van der Waals surface area contributed by atoms with E-state index in [2.05, 4.69) is 33.8 Å². The van der Waals surface area contributed by atoms with Crippen molar-refractivity contribution >= 4 is 27.6 Å². The topological polar surface area (TPSA) is 90.0 Å². The normalized spacial score (nSPS) is 17.9. The van der Waals surface area contributed by atoms with Gasteiger partial charge in [-0.3, -0.25) is 14.0 Å². The lowest BCUT2D eigenvalue weighted by Gasteiger charge is -2.31. The summed E-state index contributed by atoms with van der Waals surface area (Å²) >= 11 is 0. The van der Waals surface area contributed by atoms with Crippen molar-refractivity contribution in [2.75, 3.05) is 54.7 Å². The van der Waals surface area contributed by atoms with E-state index in [0.717, 1.165) is 38.0 Å². The summed E-state index contributed by atoms with van der Waals surface area (Å²) < 4.78 is 27.4. The van der Waals surface area contributed by atoms with Gasteiger partial charge in [-0.2, -0.15) is 0 Å². The maximum absolute atomic E-state index is 14.1. The van der Waals surface area contributed by atoms with Crippen LogP contribution in [0.1, 0.15) is 53.4 Å². The van der Waals surface area contributed by atoms with Gasteiger partial charge in [0, 0.05) is 58.6 Å². The zero-order chi connectivity index (χ0) is 29.7. The molecule has 9 nitrogen and oxygen atoms in total. The average molecular weight is 591 g/mol. The smallest absolute Gasteiger partial charge is 0.257 e. The van der Waals surface area contributed by atoms with E-state index in [4.69, 9.17) is 4.98 Å². The number of aromatic nitrogens is 2. The van der Waals surface area contributed by atoms with Crippen LogP contribution in [-0.2, 0) is 23.1 Å². The molecule has 3 aromatic rings. The molecule has 1 saturated heterocycles. The van der Waals surface area contributed by atoms with Gasteiger partial charge in [0.15, 0.2) is 0 Å². The fraction of sp³-hybridized carbons (Fsp3) is 0.469. The third kappa shape index (κ3) is 7.28. The molecule has 0 atom stereocenters. The van der Waals surface area contributed by atoms with Gasteiger partial charge in [0.25, 0.3) is 5.91 Å². The Morgan fingerprint density at radius 2 is 1.64 bits per heavy atom. The van der Waals surface area contributed by atoms with Gasteiger partial charge in [-0.1, -0.05) is 55.5 Å². The molecule has 2 aliphatic heterocycles. The number of sulfonamides is 1. The van der Waals surface area contributed by atoms with Gasteiger partial charge in [-0.25, -0.2) is 18.4 Å². The number of hydrogen-bond acceptors (Lipinski definition) is 7. The van der Waals surface area contributed by atoms with E-state index in [1.165, 1.54) is 16.1 Å². The summed E-state index contributed by atoms with van der Waals surface area (Å²) in [5.74, 6) is 1.23. The number of amides is 1. The van der Waals surface area contributed by atoms with Crippen molar-refractivity contribution in [3.8, 4) is 0 Å². The fourth-order valence-electron chi connectivity index (χ4n) is 5.82. The van der Waals surface area contributed by atoms with Gasteiger partial charge in [-0.05, 0) is 49.3 Å². The number of piperidine rings is 1. The maximum Gasteiger partial charge on any atom is 0.257 e. The van der Waals surface area contributed by atoms with Gasteiger partial charge >= 0.3 is 0 Å². The van der Waals surface area contributed by atoms with Crippen LogP contribution < -0.4 is 9.21 Å². The van der Waals surface area contributed by atoms with Crippen molar-refractivity contribution in [3.63, 3.8) is 0 Å². The van der Waals surface area contributed by atoms with E-state index in [0.29, 0.717) is 61.4 Å². The molecule has 2 aromatic carbocycles. The fourth-order valence-corrected chi connectivity index (χ4v) is 6.81. The molecule has 1 aromatic heterocycles. The number of hydrogen-bond donors (Lipinski definition) is 0. The van der Waals surface area contributed by atoms with Crippen molar-refractivity contribution < 1.29 is 13.2 Å². The average Bonchev–Trinajstić information content (AvgIpc) is 3.00. The van der Waals surface area contributed by atoms with Gasteiger partial charge in [0.2, 0.25) is 16.0 Å². The number of anilines is 2. The second-order valence-corrected chi connectivity index (χ2v) is 13.6. The Morgan fingerprint density at radius 1 is 0.929 bits per heavy atom. The first-order chi connectivity index (χ1) is 20.2. The summed E-state index contributed by atoms with van der Waals surface area (Å²) in [7, 11) is -3.52. The molecule has 42 heavy (non-hydrogen) atoms. The summed E-state index contributed by atoms with van der Waals surface area (Å²) in [5.41, 5.74) is 3.74. The molecule has 0 bridgehead atoms. The number of fused-ring (bicyclic) bond motifs is 1. The monoisotopic (exact) mass is 590 g/mol. The van der Waals surface area contributed by atoms with E-state index >= 15 is 0 Å². The molecule has 224 valence electrons. The molecule has 0 aliphatic carbocycles. The van der Waals surface area contributed by atoms with E-state index in [1.807, 2.05) is 54.3 Å². The predicted molar refractivity (Wildman–Crippen MR) is 167 cm³/mol. The van der Waals surface area contributed by atoms with Crippen molar-refractivity contribution in [2.24, 2.45) is 5.92 Å². The highest BCUT2D eigenvalue weighted by molar-refractivity contribution is 7.92. The first-order valence-electron chi connectivity index (χ1n) is 14.9. The van der Waals surface area contributed by atoms with Crippen LogP contribution in [0.15, 0.2) is 60.8 Å². The lowest BCUT2D eigenvalue weighted by molar-refractivity contribution is 0.0718. The Labute approximate surface area is 250 Å². The van der Waals surface area contributed by atoms with Crippen LogP contribution in [0.4, 0.5) is 11.6 Å². The Balaban J connectivity index is 1.45. The van der Waals surface area contributed by atoms with Crippen molar-refractivity contribution in [3.05, 3.63) is 83.2 Å². The second kappa shape index (κ2) is 13.2. The number of para-hydroxylation sites is 1. The molecule has 1 amide bonds. The SMILES string of the molecule is Cc1nc(N2CCC(C)CC2)ncc1C(=O)N1CCN(Cc2ccccc2)CCCN(S(C)(=O)=O)c2ccccc2C1. The number of aryl methyl sites for hydroxylation is 1. The van der Waals surface area contributed by atoms with Crippen LogP contribution in [-0.4, -0.2) is 79.6 Å². The number of nitrogens with zero attached hydrogens (tertiary/aromatic N) is 6. The highest BCUT2D eigenvalue weighted by atomic mass is 32.2. The van der Waals surface area contributed by atoms with E-state index in [9.17, 15) is 13.2 Å². The van der Waals surface area contributed by atoms with Crippen LogP contribution in [0.2, 0.25) is 0 Å². The van der Waals surface area contributed by atoms with Gasteiger partial charge < -0.3 is 9.80 Å². The largest absolute Gasteiger partial charge is 0.341 e. The molecule has 5 rings (SSSR count). The minimum absolute atomic E-state index is 0.147. The summed E-state index contributed by atoms with van der Waals surface area (Å²) in [6, 6.07) is 17.7. The van der Waals surface area contributed by atoms with E-state index < -0.39 is 10.0 Å². The van der Waals surface area contributed by atoms with E-state index in [1.54, 1.807) is 6.20 Å². The van der Waals surface area contributed by atoms with Crippen molar-refractivity contribution in [1.82, 2.24) is 19.8 Å². The molecule has 0 spiro atoms. The Bertz CT molecular complexity index is 1470. The summed E-state index contributed by atoms with van der Waals surface area (Å²) in [6.07, 6.45) is 5.81. The molecule has 1 fully saturated rings. The molecule has 0 saturated carbocycles. The number of rotatable bonds is 5. The third-order valence-electron chi connectivity index (χ3n) is 8.34. The zero-order valence-electron chi connectivity index (χ0n) is 24.9. The van der Waals surface area contributed by atoms with Crippen molar-refractivity contribution in [1.29, 1.82) is 0 Å². The maximum atomic E-state index is 14.1. The molecular formula is C32H42N6O3S. The quantitative estimate of drug-likeness (QED) is 0.437. The first kappa shape index (κ1) is 30.0. The van der Waals surface area contributed by atoms with Crippen LogP contribution in [0, 0.1) is 12.8 Å². The van der Waals surface area contributed by atoms with Crippen molar-refractivity contribution in [2.45, 2.75) is 46.2 Å². The van der Waals surface area contributed by atoms with E-state index in [-0.39, 0.29) is 12.5 Å². The summed E-state index contributed by atoms with van der Waals surface area (Å²) in [4.78, 5) is 29.8. The minimum Gasteiger partial charge on any atom is -0.341 e. The van der Waals surface area contributed by atoms with Gasteiger partial charge in [-0.15, -0.1) is 0 Å². The van der Waals surface area contributed by atoms with Crippen LogP contribution in [0.25, 0.3) is 0 Å². The molecule has 3 heterocycles. The zero-order valence-corrected chi connectivity index (χ0v) is 25.8. The lowest BCUT2D eigenvalue weighted by atomic mass is 10.00. The lowest BCUT2D eigenvalue weighted by Crippen LogP contribution is -2.39. The summed E-state index contributed by atoms with van der Waals surface area (Å²) in [6.45, 7) is 9.22. The Hall–Kier alpha value is -3.50. The number of carbonyl (C=O) groups is 1. The Kier molecular flexibility index (Phi) is 9.43. The number of benzene rings is 2. The molecule has 0 radical (unpaired) electrons. The molecular weight excluding hydrogens is 548 g/mol. The molecule has 0 unspecified atom stereocenters. The second-order valence-electron chi connectivity index (χ2n) is 11.6. The molecule has 2 aliphatic rings. The van der Waals surface area contributed by atoms with Gasteiger partial charge in [0.05, 0.1) is 23.2 Å².